The molecule has 96 valence electrons. The van der Waals surface area contributed by atoms with Gasteiger partial charge in [0.25, 0.3) is 0 Å². The highest BCUT2D eigenvalue weighted by molar-refractivity contribution is 5.20. The van der Waals surface area contributed by atoms with Crippen LogP contribution in [-0.2, 0) is 7.05 Å². The van der Waals surface area contributed by atoms with Crippen LogP contribution >= 0.6 is 0 Å². The lowest BCUT2D eigenvalue weighted by Gasteiger charge is -2.20. The molecular weight excluding hydrogens is 229 g/mol. The zero-order chi connectivity index (χ0) is 13.1. The molecule has 1 aromatic carbocycles. The lowest BCUT2D eigenvalue weighted by atomic mass is 10.1. The van der Waals surface area contributed by atoms with E-state index < -0.39 is 0 Å². The van der Waals surface area contributed by atoms with Crippen molar-refractivity contribution in [1.82, 2.24) is 15.1 Å². The molecule has 0 fully saturated rings. The number of hydrogen-bond acceptors (Lipinski definition) is 2. The smallest absolute Gasteiger partial charge is 0.123 e. The lowest BCUT2D eigenvalue weighted by molar-refractivity contribution is 0.467. The molecule has 0 aliphatic heterocycles. The van der Waals surface area contributed by atoms with Gasteiger partial charge in [-0.15, -0.1) is 0 Å². The second-order valence-electron chi connectivity index (χ2n) is 4.54. The molecule has 0 aliphatic carbocycles. The van der Waals surface area contributed by atoms with Crippen LogP contribution in [0.1, 0.15) is 37.2 Å². The van der Waals surface area contributed by atoms with E-state index in [2.05, 4.69) is 17.3 Å². The summed E-state index contributed by atoms with van der Waals surface area (Å²) in [6.45, 7) is 4.11. The molecule has 3 nitrogen and oxygen atoms in total. The van der Waals surface area contributed by atoms with Crippen molar-refractivity contribution in [1.29, 1.82) is 0 Å². The van der Waals surface area contributed by atoms with Crippen molar-refractivity contribution in [2.24, 2.45) is 7.05 Å². The molecule has 1 N–H and O–H groups in total. The number of nitrogens with one attached hydrogen (secondary N) is 1. The van der Waals surface area contributed by atoms with E-state index in [4.69, 9.17) is 0 Å². The summed E-state index contributed by atoms with van der Waals surface area (Å²) >= 11 is 0. The van der Waals surface area contributed by atoms with E-state index >= 15 is 0 Å². The number of nitrogens with zero attached hydrogens (tertiary/aromatic N) is 2. The Bertz CT molecular complexity index is 521. The van der Waals surface area contributed by atoms with Crippen LogP contribution in [-0.4, -0.2) is 9.78 Å². The second-order valence-corrected chi connectivity index (χ2v) is 4.54. The molecule has 1 aromatic heterocycles. The monoisotopic (exact) mass is 247 g/mol. The number of hydrogen-bond donors (Lipinski definition) is 1. The molecule has 0 radical (unpaired) electrons. The molecule has 2 atom stereocenters. The molecule has 2 unspecified atom stereocenters. The van der Waals surface area contributed by atoms with Crippen molar-refractivity contribution < 1.29 is 4.39 Å². The first-order valence-corrected chi connectivity index (χ1v) is 6.07. The summed E-state index contributed by atoms with van der Waals surface area (Å²) in [5.41, 5.74) is 2.06. The Morgan fingerprint density at radius 3 is 2.61 bits per heavy atom. The molecule has 0 bridgehead atoms. The van der Waals surface area contributed by atoms with Crippen molar-refractivity contribution in [3.63, 3.8) is 0 Å². The van der Waals surface area contributed by atoms with Gasteiger partial charge >= 0.3 is 0 Å². The van der Waals surface area contributed by atoms with E-state index in [0.29, 0.717) is 0 Å². The standard InChI is InChI=1S/C14H18FN3/c1-10(12-5-4-6-13(15)9-12)17-11(2)14-7-8-16-18(14)3/h4-11,17H,1-3H3. The van der Waals surface area contributed by atoms with Crippen molar-refractivity contribution in [2.45, 2.75) is 25.9 Å². The van der Waals surface area contributed by atoms with Crippen molar-refractivity contribution in [3.8, 4) is 0 Å². The van der Waals surface area contributed by atoms with Gasteiger partial charge in [0, 0.05) is 25.3 Å². The maximum Gasteiger partial charge on any atom is 0.123 e. The fourth-order valence-electron chi connectivity index (χ4n) is 2.14. The maximum atomic E-state index is 13.2. The SMILES string of the molecule is CC(NC(C)c1ccnn1C)c1cccc(F)c1. The zero-order valence-electron chi connectivity index (χ0n) is 10.9. The Balaban J connectivity index is 2.08. The molecule has 18 heavy (non-hydrogen) atoms. The molecule has 0 saturated heterocycles. The number of aryl methyl sites for hydroxylation is 1. The van der Waals surface area contributed by atoms with Crippen LogP contribution in [0.25, 0.3) is 0 Å². The molecule has 4 heteroatoms. The van der Waals surface area contributed by atoms with Gasteiger partial charge in [-0.3, -0.25) is 4.68 Å². The van der Waals surface area contributed by atoms with E-state index in [0.717, 1.165) is 11.3 Å². The summed E-state index contributed by atoms with van der Waals surface area (Å²) in [5.74, 6) is -0.200. The quantitative estimate of drug-likeness (QED) is 0.900. The van der Waals surface area contributed by atoms with E-state index in [1.807, 2.05) is 30.8 Å². The van der Waals surface area contributed by atoms with Gasteiger partial charge in [0.15, 0.2) is 0 Å². The van der Waals surface area contributed by atoms with E-state index in [1.165, 1.54) is 6.07 Å². The first kappa shape index (κ1) is 12.8. The predicted molar refractivity (Wildman–Crippen MR) is 69.6 cm³/mol. The van der Waals surface area contributed by atoms with Crippen LogP contribution in [0, 0.1) is 5.82 Å². The molecule has 1 heterocycles. The fraction of sp³-hybridized carbons (Fsp3) is 0.357. The Labute approximate surface area is 107 Å². The average molecular weight is 247 g/mol. The minimum absolute atomic E-state index is 0.0885. The predicted octanol–water partition coefficient (Wildman–Crippen LogP) is 2.97. The van der Waals surface area contributed by atoms with Gasteiger partial charge in [-0.2, -0.15) is 5.10 Å². The van der Waals surface area contributed by atoms with Gasteiger partial charge < -0.3 is 5.32 Å². The van der Waals surface area contributed by atoms with Crippen LogP contribution in [0.15, 0.2) is 36.5 Å². The summed E-state index contributed by atoms with van der Waals surface area (Å²) in [6.07, 6.45) is 1.78. The normalized spacial score (nSPS) is 14.4. The van der Waals surface area contributed by atoms with Gasteiger partial charge in [-0.25, -0.2) is 4.39 Å². The number of rotatable bonds is 4. The maximum absolute atomic E-state index is 13.2. The molecule has 0 saturated carbocycles. The van der Waals surface area contributed by atoms with Gasteiger partial charge in [-0.05, 0) is 37.6 Å². The summed E-state index contributed by atoms with van der Waals surface area (Å²) < 4.78 is 15.0. The number of halogens is 1. The fourth-order valence-corrected chi connectivity index (χ4v) is 2.14. The van der Waals surface area contributed by atoms with Crippen molar-refractivity contribution in [2.75, 3.05) is 0 Å². The summed E-state index contributed by atoms with van der Waals surface area (Å²) in [5, 5.41) is 7.59. The molecule has 0 amide bonds. The first-order chi connectivity index (χ1) is 8.58. The van der Waals surface area contributed by atoms with Gasteiger partial charge in [0.1, 0.15) is 5.82 Å². The van der Waals surface area contributed by atoms with Gasteiger partial charge in [0.05, 0.1) is 5.69 Å². The van der Waals surface area contributed by atoms with Crippen LogP contribution < -0.4 is 5.32 Å². The summed E-state index contributed by atoms with van der Waals surface area (Å²) in [7, 11) is 1.92. The van der Waals surface area contributed by atoms with Crippen LogP contribution in [0.4, 0.5) is 4.39 Å². The third-order valence-corrected chi connectivity index (χ3v) is 3.15. The van der Waals surface area contributed by atoms with Crippen molar-refractivity contribution >= 4 is 0 Å². The minimum Gasteiger partial charge on any atom is -0.302 e. The Kier molecular flexibility index (Phi) is 3.77. The Morgan fingerprint density at radius 2 is 2.00 bits per heavy atom. The molecule has 0 spiro atoms. The van der Waals surface area contributed by atoms with E-state index in [-0.39, 0.29) is 17.9 Å². The van der Waals surface area contributed by atoms with Crippen LogP contribution in [0.5, 0.6) is 0 Å². The number of benzene rings is 1. The highest BCUT2D eigenvalue weighted by atomic mass is 19.1. The summed E-state index contributed by atoms with van der Waals surface area (Å²) in [6, 6.07) is 8.92. The summed E-state index contributed by atoms with van der Waals surface area (Å²) in [4.78, 5) is 0. The minimum atomic E-state index is -0.200. The van der Waals surface area contributed by atoms with Crippen LogP contribution in [0.2, 0.25) is 0 Å². The largest absolute Gasteiger partial charge is 0.302 e. The first-order valence-electron chi connectivity index (χ1n) is 6.07. The average Bonchev–Trinajstić information content (AvgIpc) is 2.75. The zero-order valence-corrected chi connectivity index (χ0v) is 10.9. The highest BCUT2D eigenvalue weighted by Crippen LogP contribution is 2.19. The second kappa shape index (κ2) is 5.31. The van der Waals surface area contributed by atoms with E-state index in [1.54, 1.807) is 18.3 Å². The third kappa shape index (κ3) is 2.76. The topological polar surface area (TPSA) is 29.9 Å². The Hall–Kier alpha value is -1.68. The molecule has 0 aliphatic rings. The third-order valence-electron chi connectivity index (χ3n) is 3.15. The van der Waals surface area contributed by atoms with Crippen LogP contribution in [0.3, 0.4) is 0 Å². The molecule has 2 aromatic rings. The van der Waals surface area contributed by atoms with Crippen molar-refractivity contribution in [3.05, 3.63) is 53.6 Å². The number of aromatic nitrogens is 2. The lowest BCUT2D eigenvalue weighted by Crippen LogP contribution is -2.24. The highest BCUT2D eigenvalue weighted by Gasteiger charge is 2.13. The van der Waals surface area contributed by atoms with E-state index in [9.17, 15) is 4.39 Å². The molecule has 2 rings (SSSR count). The van der Waals surface area contributed by atoms with Gasteiger partial charge in [0.2, 0.25) is 0 Å². The van der Waals surface area contributed by atoms with Gasteiger partial charge in [-0.1, -0.05) is 12.1 Å². The molecular formula is C14H18FN3. The Morgan fingerprint density at radius 1 is 1.22 bits per heavy atom.